The van der Waals surface area contributed by atoms with Crippen LogP contribution in [0.15, 0.2) is 24.3 Å². The first-order valence-electron chi connectivity index (χ1n) is 4.33. The molecule has 1 aliphatic heterocycles. The number of rotatable bonds is 1. The summed E-state index contributed by atoms with van der Waals surface area (Å²) in [5.41, 5.74) is 6.62. The van der Waals surface area contributed by atoms with Crippen molar-refractivity contribution in [2.75, 3.05) is 13.2 Å². The minimum atomic E-state index is -0.409. The standard InChI is InChI=1S/C10H12FNO/c11-9-3-1-8(2-4-9)10(12)5-6-13-7-10/h1-4H,5-7,12H2. The van der Waals surface area contributed by atoms with Gasteiger partial charge in [0.2, 0.25) is 0 Å². The number of benzene rings is 1. The molecule has 1 atom stereocenters. The molecule has 0 radical (unpaired) electrons. The maximum Gasteiger partial charge on any atom is 0.123 e. The molecule has 0 amide bonds. The predicted molar refractivity (Wildman–Crippen MR) is 47.7 cm³/mol. The molecule has 0 spiro atoms. The van der Waals surface area contributed by atoms with Crippen LogP contribution in [0.1, 0.15) is 12.0 Å². The largest absolute Gasteiger partial charge is 0.379 e. The van der Waals surface area contributed by atoms with Gasteiger partial charge in [0, 0.05) is 6.61 Å². The second-order valence-electron chi connectivity index (χ2n) is 3.47. The van der Waals surface area contributed by atoms with Crippen molar-refractivity contribution in [2.45, 2.75) is 12.0 Å². The first-order valence-corrected chi connectivity index (χ1v) is 4.33. The van der Waals surface area contributed by atoms with E-state index < -0.39 is 5.54 Å². The SMILES string of the molecule is NC1(c2ccc(F)cc2)CCOC1. The molecule has 3 heteroatoms. The third-order valence-electron chi connectivity index (χ3n) is 2.47. The van der Waals surface area contributed by atoms with E-state index in [-0.39, 0.29) is 5.82 Å². The third kappa shape index (κ3) is 1.57. The van der Waals surface area contributed by atoms with Crippen LogP contribution in [0, 0.1) is 5.82 Å². The van der Waals surface area contributed by atoms with Crippen molar-refractivity contribution in [1.29, 1.82) is 0 Å². The quantitative estimate of drug-likeness (QED) is 0.710. The topological polar surface area (TPSA) is 35.2 Å². The summed E-state index contributed by atoms with van der Waals surface area (Å²) in [4.78, 5) is 0. The molecule has 1 fully saturated rings. The second kappa shape index (κ2) is 3.09. The lowest BCUT2D eigenvalue weighted by Gasteiger charge is -2.21. The minimum Gasteiger partial charge on any atom is -0.379 e. The van der Waals surface area contributed by atoms with Crippen molar-refractivity contribution in [3.05, 3.63) is 35.6 Å². The Morgan fingerprint density at radius 2 is 2.00 bits per heavy atom. The van der Waals surface area contributed by atoms with Gasteiger partial charge in [-0.25, -0.2) is 4.39 Å². The fourth-order valence-electron chi connectivity index (χ4n) is 1.59. The van der Waals surface area contributed by atoms with Crippen LogP contribution in [0.4, 0.5) is 4.39 Å². The van der Waals surface area contributed by atoms with Crippen LogP contribution in [-0.4, -0.2) is 13.2 Å². The summed E-state index contributed by atoms with van der Waals surface area (Å²) in [5.74, 6) is -0.230. The zero-order valence-corrected chi connectivity index (χ0v) is 7.29. The molecule has 0 saturated carbocycles. The molecule has 0 aliphatic carbocycles. The van der Waals surface area contributed by atoms with Crippen LogP contribution in [0.5, 0.6) is 0 Å². The monoisotopic (exact) mass is 181 g/mol. The molecular weight excluding hydrogens is 169 g/mol. The number of hydrogen-bond acceptors (Lipinski definition) is 2. The number of halogens is 1. The van der Waals surface area contributed by atoms with Gasteiger partial charge in [-0.05, 0) is 24.1 Å². The fourth-order valence-corrected chi connectivity index (χ4v) is 1.59. The highest BCUT2D eigenvalue weighted by molar-refractivity contribution is 5.25. The lowest BCUT2D eigenvalue weighted by atomic mass is 9.90. The minimum absolute atomic E-state index is 0.230. The summed E-state index contributed by atoms with van der Waals surface area (Å²) in [7, 11) is 0. The van der Waals surface area contributed by atoms with E-state index in [0.29, 0.717) is 13.2 Å². The molecule has 0 bridgehead atoms. The number of ether oxygens (including phenoxy) is 1. The summed E-state index contributed by atoms with van der Waals surface area (Å²) < 4.78 is 17.9. The van der Waals surface area contributed by atoms with Gasteiger partial charge in [0.1, 0.15) is 5.82 Å². The van der Waals surface area contributed by atoms with Crippen molar-refractivity contribution in [3.63, 3.8) is 0 Å². The zero-order valence-electron chi connectivity index (χ0n) is 7.29. The van der Waals surface area contributed by atoms with Crippen LogP contribution < -0.4 is 5.73 Å². The molecule has 70 valence electrons. The van der Waals surface area contributed by atoms with E-state index in [2.05, 4.69) is 0 Å². The molecule has 2 N–H and O–H groups in total. The van der Waals surface area contributed by atoms with Crippen LogP contribution in [0.3, 0.4) is 0 Å². The van der Waals surface area contributed by atoms with E-state index in [1.165, 1.54) is 12.1 Å². The maximum absolute atomic E-state index is 12.6. The van der Waals surface area contributed by atoms with Crippen LogP contribution in [0.2, 0.25) is 0 Å². The van der Waals surface area contributed by atoms with Crippen molar-refractivity contribution < 1.29 is 9.13 Å². The van der Waals surface area contributed by atoms with Crippen LogP contribution in [-0.2, 0) is 10.3 Å². The van der Waals surface area contributed by atoms with Gasteiger partial charge < -0.3 is 10.5 Å². The van der Waals surface area contributed by atoms with Gasteiger partial charge >= 0.3 is 0 Å². The molecule has 2 nitrogen and oxygen atoms in total. The highest BCUT2D eigenvalue weighted by Crippen LogP contribution is 2.27. The van der Waals surface area contributed by atoms with E-state index in [4.69, 9.17) is 10.5 Å². The average Bonchev–Trinajstić information content (AvgIpc) is 2.54. The second-order valence-corrected chi connectivity index (χ2v) is 3.47. The Bertz CT molecular complexity index is 290. The van der Waals surface area contributed by atoms with Crippen LogP contribution >= 0.6 is 0 Å². The summed E-state index contributed by atoms with van der Waals surface area (Å²) in [6.45, 7) is 1.21. The van der Waals surface area contributed by atoms with Crippen molar-refractivity contribution in [3.8, 4) is 0 Å². The Morgan fingerprint density at radius 1 is 1.31 bits per heavy atom. The smallest absolute Gasteiger partial charge is 0.123 e. The average molecular weight is 181 g/mol. The Balaban J connectivity index is 2.29. The summed E-state index contributed by atoms with van der Waals surface area (Å²) >= 11 is 0. The van der Waals surface area contributed by atoms with Crippen molar-refractivity contribution >= 4 is 0 Å². The van der Waals surface area contributed by atoms with Gasteiger partial charge in [-0.15, -0.1) is 0 Å². The van der Waals surface area contributed by atoms with Gasteiger partial charge in [0.15, 0.2) is 0 Å². The van der Waals surface area contributed by atoms with Crippen molar-refractivity contribution in [2.24, 2.45) is 5.73 Å². The molecule has 1 unspecified atom stereocenters. The highest BCUT2D eigenvalue weighted by Gasteiger charge is 2.31. The maximum atomic E-state index is 12.6. The fraction of sp³-hybridized carbons (Fsp3) is 0.400. The summed E-state index contributed by atoms with van der Waals surface area (Å²) in [6, 6.07) is 6.32. The van der Waals surface area contributed by atoms with Gasteiger partial charge in [-0.2, -0.15) is 0 Å². The first-order chi connectivity index (χ1) is 6.21. The molecule has 1 aromatic carbocycles. The highest BCUT2D eigenvalue weighted by atomic mass is 19.1. The Morgan fingerprint density at radius 3 is 2.54 bits per heavy atom. The molecule has 1 aromatic rings. The summed E-state index contributed by atoms with van der Waals surface area (Å²) in [5, 5.41) is 0. The molecule has 0 aromatic heterocycles. The molecule has 1 heterocycles. The summed E-state index contributed by atoms with van der Waals surface area (Å²) in [6.07, 6.45) is 0.804. The Kier molecular flexibility index (Phi) is 2.06. The molecule has 13 heavy (non-hydrogen) atoms. The number of nitrogens with two attached hydrogens (primary N) is 1. The van der Waals surface area contributed by atoms with E-state index >= 15 is 0 Å². The van der Waals surface area contributed by atoms with Gasteiger partial charge in [0.05, 0.1) is 12.1 Å². The first kappa shape index (κ1) is 8.66. The predicted octanol–water partition coefficient (Wildman–Crippen LogP) is 1.40. The Hall–Kier alpha value is -0.930. The zero-order chi connectivity index (χ0) is 9.31. The van der Waals surface area contributed by atoms with E-state index in [0.717, 1.165) is 12.0 Å². The third-order valence-corrected chi connectivity index (χ3v) is 2.47. The molecular formula is C10H12FNO. The van der Waals surface area contributed by atoms with E-state index in [1.54, 1.807) is 12.1 Å². The van der Waals surface area contributed by atoms with Crippen LogP contribution in [0.25, 0.3) is 0 Å². The number of hydrogen-bond donors (Lipinski definition) is 1. The van der Waals surface area contributed by atoms with Gasteiger partial charge in [0.25, 0.3) is 0 Å². The molecule has 1 aliphatic rings. The van der Waals surface area contributed by atoms with Crippen molar-refractivity contribution in [1.82, 2.24) is 0 Å². The lowest BCUT2D eigenvalue weighted by molar-refractivity contribution is 0.178. The van der Waals surface area contributed by atoms with E-state index in [1.807, 2.05) is 0 Å². The van der Waals surface area contributed by atoms with Gasteiger partial charge in [-0.1, -0.05) is 12.1 Å². The lowest BCUT2D eigenvalue weighted by Crippen LogP contribution is -2.36. The van der Waals surface area contributed by atoms with E-state index in [9.17, 15) is 4.39 Å². The molecule has 1 saturated heterocycles. The van der Waals surface area contributed by atoms with Gasteiger partial charge in [-0.3, -0.25) is 0 Å². The normalized spacial score (nSPS) is 27.8. The Labute approximate surface area is 76.5 Å². The molecule has 2 rings (SSSR count).